The maximum Gasteiger partial charge on any atom is 0.256 e. The normalized spacial score (nSPS) is 10.6. The molecular weight excluding hydrogens is 319 g/mol. The first-order valence-corrected chi connectivity index (χ1v) is 7.35. The molecule has 0 bridgehead atoms. The third kappa shape index (κ3) is 2.73. The molecule has 0 aromatic heterocycles. The third-order valence-corrected chi connectivity index (χ3v) is 4.01. The monoisotopic (exact) mass is 330 g/mol. The van der Waals surface area contributed by atoms with Crippen molar-refractivity contribution in [1.29, 1.82) is 0 Å². The minimum Gasteiger partial charge on any atom is -0.397 e. The molecule has 0 aliphatic carbocycles. The molecule has 0 aliphatic rings. The van der Waals surface area contributed by atoms with Crippen molar-refractivity contribution >= 4 is 51.3 Å². The van der Waals surface area contributed by atoms with Gasteiger partial charge in [-0.25, -0.2) is 0 Å². The summed E-state index contributed by atoms with van der Waals surface area (Å²) in [7, 11) is 0. The van der Waals surface area contributed by atoms with Gasteiger partial charge in [0, 0.05) is 5.56 Å². The van der Waals surface area contributed by atoms with Crippen LogP contribution >= 0.6 is 23.2 Å². The molecule has 3 N–H and O–H groups in total. The van der Waals surface area contributed by atoms with Gasteiger partial charge in [-0.05, 0) is 29.0 Å². The Morgan fingerprint density at radius 3 is 2.50 bits per heavy atom. The number of anilines is 2. The number of halogens is 2. The Morgan fingerprint density at radius 2 is 1.68 bits per heavy atom. The molecule has 0 unspecified atom stereocenters. The summed E-state index contributed by atoms with van der Waals surface area (Å²) in [6, 6.07) is 16.3. The molecule has 110 valence electrons. The Bertz CT molecular complexity index is 872. The maximum absolute atomic E-state index is 12.5. The van der Waals surface area contributed by atoms with Gasteiger partial charge >= 0.3 is 0 Å². The van der Waals surface area contributed by atoms with Crippen LogP contribution in [0.25, 0.3) is 10.8 Å². The Balaban J connectivity index is 1.99. The fourth-order valence-corrected chi connectivity index (χ4v) is 2.65. The third-order valence-electron chi connectivity index (χ3n) is 3.37. The zero-order valence-corrected chi connectivity index (χ0v) is 12.9. The first kappa shape index (κ1) is 14.7. The van der Waals surface area contributed by atoms with Crippen molar-refractivity contribution < 1.29 is 4.79 Å². The van der Waals surface area contributed by atoms with Crippen LogP contribution in [0.1, 0.15) is 10.4 Å². The predicted octanol–water partition coefficient (Wildman–Crippen LogP) is 4.98. The molecule has 3 nitrogen and oxygen atoms in total. The Labute approximate surface area is 137 Å². The molecule has 1 amide bonds. The number of nitrogen functional groups attached to an aromatic ring is 1. The van der Waals surface area contributed by atoms with Gasteiger partial charge < -0.3 is 11.1 Å². The highest BCUT2D eigenvalue weighted by Gasteiger charge is 2.13. The molecule has 3 aromatic carbocycles. The lowest BCUT2D eigenvalue weighted by atomic mass is 10.0. The minimum atomic E-state index is -0.250. The van der Waals surface area contributed by atoms with Gasteiger partial charge in [-0.3, -0.25) is 4.79 Å². The van der Waals surface area contributed by atoms with E-state index in [4.69, 9.17) is 28.9 Å². The highest BCUT2D eigenvalue weighted by Crippen LogP contribution is 2.31. The maximum atomic E-state index is 12.5. The Hall–Kier alpha value is -2.23. The van der Waals surface area contributed by atoms with Crippen LogP contribution in [-0.4, -0.2) is 5.91 Å². The van der Waals surface area contributed by atoms with Crippen molar-refractivity contribution in [2.24, 2.45) is 0 Å². The summed E-state index contributed by atoms with van der Waals surface area (Å²) in [5.41, 5.74) is 7.05. The molecule has 0 saturated carbocycles. The fourth-order valence-electron chi connectivity index (χ4n) is 2.27. The van der Waals surface area contributed by atoms with E-state index in [0.717, 1.165) is 10.8 Å². The number of hydrogen-bond acceptors (Lipinski definition) is 2. The summed E-state index contributed by atoms with van der Waals surface area (Å²) in [6.07, 6.45) is 0. The van der Waals surface area contributed by atoms with Gasteiger partial charge in [0.15, 0.2) is 0 Å². The van der Waals surface area contributed by atoms with Crippen LogP contribution in [0.4, 0.5) is 11.4 Å². The van der Waals surface area contributed by atoms with Crippen molar-refractivity contribution in [2.45, 2.75) is 0 Å². The number of nitrogens with two attached hydrogens (primary N) is 1. The van der Waals surface area contributed by atoms with Gasteiger partial charge in [0.2, 0.25) is 0 Å². The fraction of sp³-hybridized carbons (Fsp3) is 0. The molecular formula is C17H12Cl2N2O. The second-order valence-corrected chi connectivity index (χ2v) is 5.65. The van der Waals surface area contributed by atoms with Crippen LogP contribution in [0.5, 0.6) is 0 Å². The van der Waals surface area contributed by atoms with E-state index in [0.29, 0.717) is 27.0 Å². The SMILES string of the molecule is Nc1cc(Cl)c(NC(=O)c2cccc3ccccc23)cc1Cl. The van der Waals surface area contributed by atoms with Crippen LogP contribution in [0.15, 0.2) is 54.6 Å². The predicted molar refractivity (Wildman–Crippen MR) is 92.8 cm³/mol. The zero-order valence-electron chi connectivity index (χ0n) is 11.4. The molecule has 0 spiro atoms. The number of rotatable bonds is 2. The molecule has 0 aliphatic heterocycles. The molecule has 3 rings (SSSR count). The standard InChI is InChI=1S/C17H12Cl2N2O/c18-13-9-16(14(19)8-15(13)20)21-17(22)12-7-3-5-10-4-1-2-6-11(10)12/h1-9H,20H2,(H,21,22). The average molecular weight is 331 g/mol. The highest BCUT2D eigenvalue weighted by atomic mass is 35.5. The van der Waals surface area contributed by atoms with E-state index in [1.54, 1.807) is 12.1 Å². The van der Waals surface area contributed by atoms with E-state index in [-0.39, 0.29) is 5.91 Å². The molecule has 5 heteroatoms. The second kappa shape index (κ2) is 5.87. The summed E-state index contributed by atoms with van der Waals surface area (Å²) in [6.45, 7) is 0. The topological polar surface area (TPSA) is 55.1 Å². The first-order valence-electron chi connectivity index (χ1n) is 6.60. The molecule has 22 heavy (non-hydrogen) atoms. The molecule has 0 saturated heterocycles. The van der Waals surface area contributed by atoms with E-state index in [9.17, 15) is 4.79 Å². The quantitative estimate of drug-likeness (QED) is 0.651. The zero-order chi connectivity index (χ0) is 15.7. The van der Waals surface area contributed by atoms with Gasteiger partial charge in [-0.2, -0.15) is 0 Å². The minimum absolute atomic E-state index is 0.250. The van der Waals surface area contributed by atoms with E-state index in [2.05, 4.69) is 5.32 Å². The van der Waals surface area contributed by atoms with Gasteiger partial charge in [-0.15, -0.1) is 0 Å². The smallest absolute Gasteiger partial charge is 0.256 e. The lowest BCUT2D eigenvalue weighted by molar-refractivity contribution is 0.102. The molecule has 0 heterocycles. The van der Waals surface area contributed by atoms with Crippen molar-refractivity contribution in [2.75, 3.05) is 11.1 Å². The highest BCUT2D eigenvalue weighted by molar-refractivity contribution is 6.37. The van der Waals surface area contributed by atoms with E-state index < -0.39 is 0 Å². The largest absolute Gasteiger partial charge is 0.397 e. The van der Waals surface area contributed by atoms with Crippen molar-refractivity contribution in [3.63, 3.8) is 0 Å². The number of amides is 1. The molecule has 0 radical (unpaired) electrons. The molecule has 3 aromatic rings. The van der Waals surface area contributed by atoms with Gasteiger partial charge in [-0.1, -0.05) is 59.6 Å². The first-order chi connectivity index (χ1) is 10.6. The number of fused-ring (bicyclic) bond motifs is 1. The van der Waals surface area contributed by atoms with Gasteiger partial charge in [0.25, 0.3) is 5.91 Å². The molecule has 0 fully saturated rings. The number of hydrogen-bond donors (Lipinski definition) is 2. The van der Waals surface area contributed by atoms with Crippen LogP contribution < -0.4 is 11.1 Å². The number of carbonyl (C=O) groups excluding carboxylic acids is 1. The Kier molecular flexibility index (Phi) is 3.92. The number of nitrogens with one attached hydrogen (secondary N) is 1. The summed E-state index contributed by atoms with van der Waals surface area (Å²) in [4.78, 5) is 12.5. The van der Waals surface area contributed by atoms with E-state index in [1.165, 1.54) is 6.07 Å². The van der Waals surface area contributed by atoms with Crippen molar-refractivity contribution in [3.8, 4) is 0 Å². The molecule has 0 atom stereocenters. The van der Waals surface area contributed by atoms with E-state index in [1.807, 2.05) is 36.4 Å². The summed E-state index contributed by atoms with van der Waals surface area (Å²) in [5.74, 6) is -0.250. The van der Waals surface area contributed by atoms with Crippen LogP contribution in [0, 0.1) is 0 Å². The number of carbonyl (C=O) groups is 1. The summed E-state index contributed by atoms with van der Waals surface area (Å²) in [5, 5.41) is 5.34. The number of benzene rings is 3. The summed E-state index contributed by atoms with van der Waals surface area (Å²) < 4.78 is 0. The Morgan fingerprint density at radius 1 is 0.955 bits per heavy atom. The van der Waals surface area contributed by atoms with Crippen LogP contribution in [-0.2, 0) is 0 Å². The lowest BCUT2D eigenvalue weighted by Crippen LogP contribution is -2.13. The second-order valence-electron chi connectivity index (χ2n) is 4.83. The van der Waals surface area contributed by atoms with Crippen LogP contribution in [0.2, 0.25) is 10.0 Å². The van der Waals surface area contributed by atoms with Crippen molar-refractivity contribution in [1.82, 2.24) is 0 Å². The van der Waals surface area contributed by atoms with E-state index >= 15 is 0 Å². The summed E-state index contributed by atoms with van der Waals surface area (Å²) >= 11 is 12.1. The average Bonchev–Trinajstić information content (AvgIpc) is 2.52. The van der Waals surface area contributed by atoms with Gasteiger partial charge in [0.05, 0.1) is 21.4 Å². The van der Waals surface area contributed by atoms with Gasteiger partial charge in [0.1, 0.15) is 0 Å². The lowest BCUT2D eigenvalue weighted by Gasteiger charge is -2.11. The van der Waals surface area contributed by atoms with Crippen LogP contribution in [0.3, 0.4) is 0 Å². The van der Waals surface area contributed by atoms with Crippen molar-refractivity contribution in [3.05, 3.63) is 70.2 Å².